The Kier molecular flexibility index (Phi) is 5.67. The average Bonchev–Trinajstić information content (AvgIpc) is 2.00. The Labute approximate surface area is 83.3 Å². The van der Waals surface area contributed by atoms with Gasteiger partial charge in [0.1, 0.15) is 6.61 Å². The summed E-state index contributed by atoms with van der Waals surface area (Å²) < 4.78 is 4.97. The number of nitrogens with zero attached hydrogens (tertiary/aromatic N) is 3. The summed E-state index contributed by atoms with van der Waals surface area (Å²) in [6, 6.07) is 0. The SMILES string of the molecule is CC(C)(C)NC(=O)COCCN=[N+]=[N-]. The van der Waals surface area contributed by atoms with E-state index < -0.39 is 0 Å². The topological polar surface area (TPSA) is 87.1 Å². The van der Waals surface area contributed by atoms with E-state index in [1.54, 1.807) is 0 Å². The Bertz CT molecular complexity index is 228. The lowest BCUT2D eigenvalue weighted by Crippen LogP contribution is -2.42. The smallest absolute Gasteiger partial charge is 0.246 e. The highest BCUT2D eigenvalue weighted by molar-refractivity contribution is 5.77. The Morgan fingerprint density at radius 1 is 1.57 bits per heavy atom. The van der Waals surface area contributed by atoms with E-state index in [4.69, 9.17) is 10.3 Å². The van der Waals surface area contributed by atoms with Gasteiger partial charge in [0.15, 0.2) is 0 Å². The van der Waals surface area contributed by atoms with E-state index in [0.29, 0.717) is 0 Å². The second-order valence-electron chi connectivity index (χ2n) is 3.81. The second kappa shape index (κ2) is 6.23. The third-order valence-corrected chi connectivity index (χ3v) is 1.15. The molecule has 0 heterocycles. The number of carbonyl (C=O) groups is 1. The number of hydrogen-bond acceptors (Lipinski definition) is 3. The molecular weight excluding hydrogens is 184 g/mol. The molecule has 0 saturated heterocycles. The molecule has 0 fully saturated rings. The zero-order valence-electron chi connectivity index (χ0n) is 8.78. The van der Waals surface area contributed by atoms with E-state index in [1.165, 1.54) is 0 Å². The predicted octanol–water partition coefficient (Wildman–Crippen LogP) is 1.23. The van der Waals surface area contributed by atoms with E-state index in [9.17, 15) is 4.79 Å². The number of nitrogens with one attached hydrogen (secondary N) is 1. The van der Waals surface area contributed by atoms with Crippen molar-refractivity contribution in [2.24, 2.45) is 5.11 Å². The standard InChI is InChI=1S/C8H16N4O2/c1-8(2,3)11-7(13)6-14-5-4-10-12-9/h4-6H2,1-3H3,(H,11,13). The molecule has 6 heteroatoms. The van der Waals surface area contributed by atoms with Crippen LogP contribution < -0.4 is 5.32 Å². The van der Waals surface area contributed by atoms with Crippen molar-refractivity contribution < 1.29 is 9.53 Å². The van der Waals surface area contributed by atoms with Crippen LogP contribution in [0.5, 0.6) is 0 Å². The summed E-state index contributed by atoms with van der Waals surface area (Å²) in [7, 11) is 0. The first kappa shape index (κ1) is 12.7. The average molecular weight is 200 g/mol. The Balaban J connectivity index is 3.50. The lowest BCUT2D eigenvalue weighted by Gasteiger charge is -2.20. The largest absolute Gasteiger partial charge is 0.372 e. The fourth-order valence-corrected chi connectivity index (χ4v) is 0.769. The highest BCUT2D eigenvalue weighted by Crippen LogP contribution is 1.97. The van der Waals surface area contributed by atoms with Crippen molar-refractivity contribution in [3.63, 3.8) is 0 Å². The summed E-state index contributed by atoms with van der Waals surface area (Å²) in [6.45, 7) is 6.19. The van der Waals surface area contributed by atoms with E-state index in [1.807, 2.05) is 20.8 Å². The number of rotatable bonds is 5. The van der Waals surface area contributed by atoms with Gasteiger partial charge in [0.25, 0.3) is 0 Å². The van der Waals surface area contributed by atoms with Crippen LogP contribution in [-0.2, 0) is 9.53 Å². The van der Waals surface area contributed by atoms with E-state index in [-0.39, 0.29) is 31.2 Å². The molecule has 0 unspecified atom stereocenters. The second-order valence-corrected chi connectivity index (χ2v) is 3.81. The van der Waals surface area contributed by atoms with Crippen LogP contribution in [0.4, 0.5) is 0 Å². The van der Waals surface area contributed by atoms with E-state index in [2.05, 4.69) is 15.3 Å². The van der Waals surface area contributed by atoms with Gasteiger partial charge in [-0.15, -0.1) is 0 Å². The van der Waals surface area contributed by atoms with Crippen LogP contribution in [0.25, 0.3) is 10.4 Å². The lowest BCUT2D eigenvalue weighted by molar-refractivity contribution is -0.127. The molecule has 14 heavy (non-hydrogen) atoms. The Morgan fingerprint density at radius 2 is 2.21 bits per heavy atom. The van der Waals surface area contributed by atoms with Gasteiger partial charge in [-0.2, -0.15) is 0 Å². The molecular formula is C8H16N4O2. The van der Waals surface area contributed by atoms with Gasteiger partial charge in [0.05, 0.1) is 6.61 Å². The van der Waals surface area contributed by atoms with Crippen LogP contribution in [-0.4, -0.2) is 31.2 Å². The molecule has 0 atom stereocenters. The molecule has 0 bridgehead atoms. The molecule has 0 rings (SSSR count). The normalized spacial score (nSPS) is 10.5. The molecule has 0 aromatic carbocycles. The van der Waals surface area contributed by atoms with E-state index in [0.717, 1.165) is 0 Å². The molecule has 80 valence electrons. The fraction of sp³-hybridized carbons (Fsp3) is 0.875. The first-order valence-corrected chi connectivity index (χ1v) is 4.35. The zero-order valence-corrected chi connectivity index (χ0v) is 8.78. The van der Waals surface area contributed by atoms with Crippen molar-refractivity contribution in [1.82, 2.24) is 5.32 Å². The first-order chi connectivity index (χ1) is 6.45. The summed E-state index contributed by atoms with van der Waals surface area (Å²) in [6.07, 6.45) is 0. The minimum absolute atomic E-state index is 0.00177. The molecule has 0 spiro atoms. The van der Waals surface area contributed by atoms with Crippen LogP contribution in [0.15, 0.2) is 5.11 Å². The number of amides is 1. The molecule has 0 aliphatic rings. The van der Waals surface area contributed by atoms with Crippen molar-refractivity contribution in [1.29, 1.82) is 0 Å². The Morgan fingerprint density at radius 3 is 2.71 bits per heavy atom. The number of azide groups is 1. The van der Waals surface area contributed by atoms with Gasteiger partial charge in [0, 0.05) is 17.0 Å². The van der Waals surface area contributed by atoms with Crippen LogP contribution in [0.1, 0.15) is 20.8 Å². The van der Waals surface area contributed by atoms with Crippen molar-refractivity contribution >= 4 is 5.91 Å². The van der Waals surface area contributed by atoms with Crippen LogP contribution >= 0.6 is 0 Å². The van der Waals surface area contributed by atoms with Crippen LogP contribution in [0, 0.1) is 0 Å². The lowest BCUT2D eigenvalue weighted by atomic mass is 10.1. The van der Waals surface area contributed by atoms with Gasteiger partial charge in [-0.05, 0) is 26.3 Å². The van der Waals surface area contributed by atoms with Crippen molar-refractivity contribution in [2.45, 2.75) is 26.3 Å². The highest BCUT2D eigenvalue weighted by atomic mass is 16.5. The van der Waals surface area contributed by atoms with E-state index >= 15 is 0 Å². The molecule has 1 N–H and O–H groups in total. The zero-order chi connectivity index (χ0) is 11.0. The molecule has 1 amide bonds. The summed E-state index contributed by atoms with van der Waals surface area (Å²) in [5, 5.41) is 6.01. The summed E-state index contributed by atoms with van der Waals surface area (Å²) in [5.74, 6) is -0.168. The fourth-order valence-electron chi connectivity index (χ4n) is 0.769. The maximum atomic E-state index is 11.2. The van der Waals surface area contributed by atoms with Crippen molar-refractivity contribution in [2.75, 3.05) is 19.8 Å². The summed E-state index contributed by atoms with van der Waals surface area (Å²) >= 11 is 0. The molecule has 0 saturated carbocycles. The Hall–Kier alpha value is -1.26. The van der Waals surface area contributed by atoms with Gasteiger partial charge in [-0.3, -0.25) is 4.79 Å². The van der Waals surface area contributed by atoms with Crippen molar-refractivity contribution in [3.8, 4) is 0 Å². The quantitative estimate of drug-likeness (QED) is 0.313. The maximum absolute atomic E-state index is 11.2. The van der Waals surface area contributed by atoms with Gasteiger partial charge in [-0.1, -0.05) is 5.11 Å². The summed E-state index contributed by atoms with van der Waals surface area (Å²) in [4.78, 5) is 13.7. The number of ether oxygens (including phenoxy) is 1. The third kappa shape index (κ3) is 8.83. The highest BCUT2D eigenvalue weighted by Gasteiger charge is 2.12. The number of carbonyl (C=O) groups excluding carboxylic acids is 1. The van der Waals surface area contributed by atoms with Gasteiger partial charge in [0.2, 0.25) is 5.91 Å². The monoisotopic (exact) mass is 200 g/mol. The van der Waals surface area contributed by atoms with Crippen LogP contribution in [0.3, 0.4) is 0 Å². The van der Waals surface area contributed by atoms with Gasteiger partial charge >= 0.3 is 0 Å². The van der Waals surface area contributed by atoms with Gasteiger partial charge in [-0.25, -0.2) is 0 Å². The third-order valence-electron chi connectivity index (χ3n) is 1.15. The molecule has 0 aliphatic heterocycles. The molecule has 0 aliphatic carbocycles. The minimum Gasteiger partial charge on any atom is -0.372 e. The van der Waals surface area contributed by atoms with Gasteiger partial charge < -0.3 is 10.1 Å². The molecule has 0 aromatic rings. The number of hydrogen-bond donors (Lipinski definition) is 1. The minimum atomic E-state index is -0.245. The van der Waals surface area contributed by atoms with Crippen LogP contribution in [0.2, 0.25) is 0 Å². The predicted molar refractivity (Wildman–Crippen MR) is 52.7 cm³/mol. The maximum Gasteiger partial charge on any atom is 0.246 e. The molecule has 0 radical (unpaired) electrons. The summed E-state index contributed by atoms with van der Waals surface area (Å²) in [5.41, 5.74) is 7.71. The first-order valence-electron chi connectivity index (χ1n) is 4.35. The molecule has 0 aromatic heterocycles. The van der Waals surface area contributed by atoms with Crippen molar-refractivity contribution in [3.05, 3.63) is 10.4 Å². The molecule has 6 nitrogen and oxygen atoms in total.